The average molecular weight is 501 g/mol. The predicted molar refractivity (Wildman–Crippen MR) is 137 cm³/mol. The van der Waals surface area contributed by atoms with Crippen LogP contribution in [0, 0.1) is 0 Å². The molecule has 0 aliphatic heterocycles. The molecule has 0 fully saturated rings. The quantitative estimate of drug-likeness (QED) is 0.276. The molecule has 0 aliphatic rings. The van der Waals surface area contributed by atoms with Crippen LogP contribution in [0.25, 0.3) is 11.2 Å². The van der Waals surface area contributed by atoms with Crippen LogP contribution < -0.4 is 16.4 Å². The summed E-state index contributed by atoms with van der Waals surface area (Å²) in [5.74, 6) is 0.182. The van der Waals surface area contributed by atoms with Gasteiger partial charge < -0.3 is 36.2 Å². The van der Waals surface area contributed by atoms with Crippen LogP contribution in [-0.2, 0) is 10.2 Å². The van der Waals surface area contributed by atoms with E-state index in [1.807, 2.05) is 36.2 Å². The average Bonchev–Trinajstić information content (AvgIpc) is 3.27. The second kappa shape index (κ2) is 11.6. The lowest BCUT2D eigenvalue weighted by molar-refractivity contribution is -0.108. The Bertz CT molecular complexity index is 1150. The lowest BCUT2D eigenvalue weighted by Gasteiger charge is -2.29. The van der Waals surface area contributed by atoms with Crippen LogP contribution in [0.2, 0.25) is 0 Å². The van der Waals surface area contributed by atoms with E-state index in [9.17, 15) is 15.0 Å². The maximum atomic E-state index is 12.2. The summed E-state index contributed by atoms with van der Waals surface area (Å²) in [4.78, 5) is 26.2. The first-order valence-corrected chi connectivity index (χ1v) is 11.7. The van der Waals surface area contributed by atoms with Crippen LogP contribution in [0.3, 0.4) is 0 Å². The number of aliphatic hydroxyl groups is 2. The lowest BCUT2D eigenvalue weighted by Crippen LogP contribution is -2.45. The normalized spacial score (nSPS) is 14.6. The molecule has 6 N–H and O–H groups in total. The molecule has 0 radical (unpaired) electrons. The van der Waals surface area contributed by atoms with Crippen molar-refractivity contribution < 1.29 is 19.7 Å². The third-order valence-corrected chi connectivity index (χ3v) is 5.94. The molecule has 3 atom stereocenters. The molecule has 36 heavy (non-hydrogen) atoms. The summed E-state index contributed by atoms with van der Waals surface area (Å²) in [5, 5.41) is 27.1. The fourth-order valence-electron chi connectivity index (χ4n) is 3.73. The molecule has 3 rings (SSSR count). The van der Waals surface area contributed by atoms with Gasteiger partial charge in [-0.05, 0) is 30.2 Å². The van der Waals surface area contributed by atoms with Gasteiger partial charge in [0.1, 0.15) is 24.1 Å². The Balaban J connectivity index is 1.48. The molecule has 12 heteroatoms. The van der Waals surface area contributed by atoms with Crippen LogP contribution in [0.1, 0.15) is 32.6 Å². The number of fused-ring (bicyclic) bond motifs is 1. The van der Waals surface area contributed by atoms with Gasteiger partial charge in [-0.3, -0.25) is 4.57 Å². The van der Waals surface area contributed by atoms with E-state index in [0.717, 1.165) is 0 Å². The maximum Gasteiger partial charge on any atom is 0.319 e. The number of aromatic nitrogens is 4. The number of urea groups is 1. The van der Waals surface area contributed by atoms with Crippen molar-refractivity contribution in [1.29, 1.82) is 0 Å². The fraction of sp³-hybridized carbons (Fsp3) is 0.500. The molecule has 0 saturated carbocycles. The van der Waals surface area contributed by atoms with Gasteiger partial charge in [-0.15, -0.1) is 0 Å². The number of hydrogen-bond donors (Lipinski definition) is 5. The van der Waals surface area contributed by atoms with E-state index >= 15 is 0 Å². The largest absolute Gasteiger partial charge is 0.386 e. The third kappa shape index (κ3) is 6.66. The van der Waals surface area contributed by atoms with Gasteiger partial charge >= 0.3 is 6.03 Å². The summed E-state index contributed by atoms with van der Waals surface area (Å²) in [6.45, 7) is 7.58. The van der Waals surface area contributed by atoms with Crippen molar-refractivity contribution in [2.45, 2.75) is 44.6 Å². The molecular weight excluding hydrogens is 464 g/mol. The second-order valence-electron chi connectivity index (χ2n) is 9.73. The molecule has 0 aliphatic carbocycles. The Morgan fingerprint density at radius 2 is 1.89 bits per heavy atom. The van der Waals surface area contributed by atoms with Crippen molar-refractivity contribution in [2.75, 3.05) is 44.8 Å². The van der Waals surface area contributed by atoms with Crippen molar-refractivity contribution in [3.05, 3.63) is 42.5 Å². The number of nitrogen functional groups attached to an aromatic ring is 1. The monoisotopic (exact) mass is 500 g/mol. The summed E-state index contributed by atoms with van der Waals surface area (Å²) < 4.78 is 6.76. The molecule has 3 aromatic rings. The smallest absolute Gasteiger partial charge is 0.319 e. The first-order valence-electron chi connectivity index (χ1n) is 11.7. The van der Waals surface area contributed by atoms with Crippen LogP contribution in [-0.4, -0.2) is 86.7 Å². The van der Waals surface area contributed by atoms with E-state index in [0.29, 0.717) is 36.5 Å². The number of aliphatic hydroxyl groups excluding tert-OH is 2. The SMILES string of the molecule is CO[C@H](CN(C)CCNC(=O)Nc1ccc(C(C)(C)C)cc1)[C@@H](O)[C@@H](O)n1cnc2c(N)ncnc21. The number of carbonyl (C=O) groups is 1. The summed E-state index contributed by atoms with van der Waals surface area (Å²) in [7, 11) is 3.29. The summed E-state index contributed by atoms with van der Waals surface area (Å²) >= 11 is 0. The minimum Gasteiger partial charge on any atom is -0.386 e. The Labute approximate surface area is 210 Å². The van der Waals surface area contributed by atoms with Gasteiger partial charge in [0, 0.05) is 32.4 Å². The zero-order chi connectivity index (χ0) is 26.5. The van der Waals surface area contributed by atoms with Gasteiger partial charge in [-0.1, -0.05) is 32.9 Å². The van der Waals surface area contributed by atoms with E-state index in [4.69, 9.17) is 10.5 Å². The third-order valence-electron chi connectivity index (χ3n) is 5.94. The van der Waals surface area contributed by atoms with Gasteiger partial charge in [0.25, 0.3) is 0 Å². The van der Waals surface area contributed by atoms with E-state index in [2.05, 4.69) is 46.4 Å². The number of likely N-dealkylation sites (N-methyl/N-ethyl adjacent to an activating group) is 1. The number of anilines is 2. The highest BCUT2D eigenvalue weighted by Gasteiger charge is 2.30. The number of carbonyl (C=O) groups excluding carboxylic acids is 1. The van der Waals surface area contributed by atoms with Gasteiger partial charge in [-0.2, -0.15) is 0 Å². The van der Waals surface area contributed by atoms with Crippen molar-refractivity contribution in [3.8, 4) is 0 Å². The van der Waals surface area contributed by atoms with Gasteiger partial charge in [0.2, 0.25) is 0 Å². The van der Waals surface area contributed by atoms with Crippen molar-refractivity contribution in [2.24, 2.45) is 0 Å². The van der Waals surface area contributed by atoms with Crippen molar-refractivity contribution in [3.63, 3.8) is 0 Å². The number of ether oxygens (including phenoxy) is 1. The van der Waals surface area contributed by atoms with Crippen molar-refractivity contribution in [1.82, 2.24) is 29.7 Å². The predicted octanol–water partition coefficient (Wildman–Crippen LogP) is 1.33. The van der Waals surface area contributed by atoms with Gasteiger partial charge in [0.15, 0.2) is 17.7 Å². The summed E-state index contributed by atoms with van der Waals surface area (Å²) in [6, 6.07) is 7.46. The zero-order valence-electron chi connectivity index (χ0n) is 21.3. The highest BCUT2D eigenvalue weighted by atomic mass is 16.5. The number of nitrogens with two attached hydrogens (primary N) is 1. The van der Waals surface area contributed by atoms with Crippen molar-refractivity contribution >= 4 is 28.7 Å². The summed E-state index contributed by atoms with van der Waals surface area (Å²) in [5.41, 5.74) is 8.38. The van der Waals surface area contributed by atoms with E-state index < -0.39 is 18.4 Å². The Morgan fingerprint density at radius 3 is 2.53 bits per heavy atom. The highest BCUT2D eigenvalue weighted by Crippen LogP contribution is 2.24. The Kier molecular flexibility index (Phi) is 8.79. The number of nitrogens with zero attached hydrogens (tertiary/aromatic N) is 5. The maximum absolute atomic E-state index is 12.2. The highest BCUT2D eigenvalue weighted by molar-refractivity contribution is 5.89. The molecule has 0 bridgehead atoms. The number of amides is 2. The van der Waals surface area contributed by atoms with E-state index in [1.54, 1.807) is 0 Å². The number of hydrogen-bond acceptors (Lipinski definition) is 9. The van der Waals surface area contributed by atoms with Crippen LogP contribution in [0.4, 0.5) is 16.3 Å². The molecule has 0 spiro atoms. The van der Waals surface area contributed by atoms with Crippen LogP contribution in [0.15, 0.2) is 36.9 Å². The van der Waals surface area contributed by atoms with Gasteiger partial charge in [-0.25, -0.2) is 19.7 Å². The van der Waals surface area contributed by atoms with Crippen LogP contribution in [0.5, 0.6) is 0 Å². The zero-order valence-corrected chi connectivity index (χ0v) is 21.3. The molecule has 0 saturated heterocycles. The van der Waals surface area contributed by atoms with Gasteiger partial charge in [0.05, 0.1) is 6.33 Å². The molecule has 2 heterocycles. The number of imidazole rings is 1. The fourth-order valence-corrected chi connectivity index (χ4v) is 3.73. The molecule has 12 nitrogen and oxygen atoms in total. The first-order chi connectivity index (χ1) is 17.0. The lowest BCUT2D eigenvalue weighted by atomic mass is 9.87. The number of methoxy groups -OCH3 is 1. The summed E-state index contributed by atoms with van der Waals surface area (Å²) in [6.07, 6.45) is -0.758. The standard InChI is InChI=1S/C24H36N8O4/c1-24(2,3)15-6-8-16(9-7-15)30-23(35)26-10-11-31(4)12-17(36-5)19(33)22(34)32-14-29-18-20(25)27-13-28-21(18)32/h6-9,13-14,17,19,22,33-34H,10-12H2,1-5H3,(H2,25,27,28)(H2,26,30,35)/t17-,19-,22-/m1/s1. The Morgan fingerprint density at radius 1 is 1.19 bits per heavy atom. The molecule has 2 aromatic heterocycles. The minimum absolute atomic E-state index is 0.0456. The van der Waals surface area contributed by atoms with E-state index in [1.165, 1.54) is 29.9 Å². The van der Waals surface area contributed by atoms with E-state index in [-0.39, 0.29) is 17.3 Å². The number of benzene rings is 1. The number of nitrogens with one attached hydrogen (secondary N) is 2. The topological polar surface area (TPSA) is 164 Å². The molecule has 0 unspecified atom stereocenters. The number of rotatable bonds is 10. The second-order valence-corrected chi connectivity index (χ2v) is 9.73. The molecule has 1 aromatic carbocycles. The molecule has 196 valence electrons. The minimum atomic E-state index is -1.36. The molecule has 2 amide bonds. The Hall–Kier alpha value is -3.32. The van der Waals surface area contributed by atoms with Crippen LogP contribution >= 0.6 is 0 Å². The first kappa shape index (κ1) is 27.3. The molecular formula is C24H36N8O4.